The van der Waals surface area contributed by atoms with Crippen LogP contribution in [0.5, 0.6) is 11.5 Å². The number of aromatic nitrogens is 2. The van der Waals surface area contributed by atoms with E-state index >= 15 is 0 Å². The maximum Gasteiger partial charge on any atom is 0.163 e. The lowest BCUT2D eigenvalue weighted by molar-refractivity contribution is -0.0177. The van der Waals surface area contributed by atoms with Gasteiger partial charge >= 0.3 is 0 Å². The zero-order chi connectivity index (χ0) is 13.5. The molecule has 1 N–H and O–H groups in total. The van der Waals surface area contributed by atoms with Crippen molar-refractivity contribution in [3.05, 3.63) is 18.0 Å². The van der Waals surface area contributed by atoms with Crippen LogP contribution >= 0.6 is 0 Å². The Labute approximate surface area is 111 Å². The average molecular weight is 262 g/mol. The first-order valence-corrected chi connectivity index (χ1v) is 6.43. The van der Waals surface area contributed by atoms with Crippen molar-refractivity contribution in [3.8, 4) is 11.5 Å². The quantitative estimate of drug-likeness (QED) is 0.904. The van der Waals surface area contributed by atoms with Gasteiger partial charge in [-0.1, -0.05) is 0 Å². The van der Waals surface area contributed by atoms with Crippen LogP contribution in [0.3, 0.4) is 0 Å². The van der Waals surface area contributed by atoms with Crippen LogP contribution in [-0.4, -0.2) is 28.8 Å². The summed E-state index contributed by atoms with van der Waals surface area (Å²) in [5, 5.41) is 0. The molecule has 0 fully saturated rings. The molecule has 3 rings (SSSR count). The molecule has 0 saturated heterocycles. The van der Waals surface area contributed by atoms with Gasteiger partial charge in [0, 0.05) is 12.1 Å². The van der Waals surface area contributed by atoms with Crippen molar-refractivity contribution in [3.63, 3.8) is 0 Å². The third-order valence-electron chi connectivity index (χ3n) is 2.84. The van der Waals surface area contributed by atoms with Crippen LogP contribution in [-0.2, 0) is 11.3 Å². The van der Waals surface area contributed by atoms with Gasteiger partial charge in [0.15, 0.2) is 11.5 Å². The van der Waals surface area contributed by atoms with Crippen LogP contribution in [0, 0.1) is 0 Å². The highest BCUT2D eigenvalue weighted by atomic mass is 16.6. The van der Waals surface area contributed by atoms with Gasteiger partial charge in [0.05, 0.1) is 16.6 Å². The molecule has 1 aliphatic heterocycles. The summed E-state index contributed by atoms with van der Waals surface area (Å²) in [5.74, 6) is 2.34. The molecule has 0 aliphatic carbocycles. The number of benzene rings is 1. The monoisotopic (exact) mass is 262 g/mol. The van der Waals surface area contributed by atoms with Crippen molar-refractivity contribution < 1.29 is 14.2 Å². The Hall–Kier alpha value is -1.75. The van der Waals surface area contributed by atoms with E-state index in [2.05, 4.69) is 9.97 Å². The summed E-state index contributed by atoms with van der Waals surface area (Å²) in [7, 11) is 0. The summed E-state index contributed by atoms with van der Waals surface area (Å²) in [4.78, 5) is 7.75. The van der Waals surface area contributed by atoms with Gasteiger partial charge in [-0.25, -0.2) is 4.98 Å². The molecule has 102 valence electrons. The molecule has 0 radical (unpaired) electrons. The molecule has 0 spiro atoms. The summed E-state index contributed by atoms with van der Waals surface area (Å²) in [6, 6.07) is 3.83. The molecule has 0 bridgehead atoms. The van der Waals surface area contributed by atoms with Crippen LogP contribution < -0.4 is 9.47 Å². The highest BCUT2D eigenvalue weighted by Crippen LogP contribution is 2.33. The van der Waals surface area contributed by atoms with E-state index in [0.717, 1.165) is 28.4 Å². The van der Waals surface area contributed by atoms with E-state index in [0.29, 0.717) is 19.8 Å². The Bertz CT molecular complexity index is 555. The van der Waals surface area contributed by atoms with Crippen LogP contribution in [0.4, 0.5) is 0 Å². The van der Waals surface area contributed by atoms with Crippen molar-refractivity contribution in [1.29, 1.82) is 0 Å². The lowest BCUT2D eigenvalue weighted by Gasteiger charge is -2.18. The molecule has 1 aromatic heterocycles. The van der Waals surface area contributed by atoms with Crippen molar-refractivity contribution >= 4 is 11.0 Å². The van der Waals surface area contributed by atoms with Gasteiger partial charge in [-0.3, -0.25) is 0 Å². The molecule has 5 nitrogen and oxygen atoms in total. The largest absolute Gasteiger partial charge is 0.486 e. The molecule has 1 aromatic carbocycles. The number of hydrogen-bond donors (Lipinski definition) is 1. The normalized spacial score (nSPS) is 14.9. The SMILES string of the molecule is CC(C)(C)OCc1nc2cc3c(cc2[nH]1)OCCO3. The Morgan fingerprint density at radius 3 is 2.58 bits per heavy atom. The summed E-state index contributed by atoms with van der Waals surface area (Å²) < 4.78 is 16.8. The van der Waals surface area contributed by atoms with Gasteiger partial charge in [-0.2, -0.15) is 0 Å². The van der Waals surface area contributed by atoms with Gasteiger partial charge in [0.25, 0.3) is 0 Å². The molecule has 0 amide bonds. The van der Waals surface area contributed by atoms with E-state index < -0.39 is 0 Å². The number of nitrogens with one attached hydrogen (secondary N) is 1. The predicted octanol–water partition coefficient (Wildman–Crippen LogP) is 2.65. The van der Waals surface area contributed by atoms with Crippen LogP contribution in [0.1, 0.15) is 26.6 Å². The molecule has 1 aliphatic rings. The first kappa shape index (κ1) is 12.3. The third kappa shape index (κ3) is 2.66. The predicted molar refractivity (Wildman–Crippen MR) is 71.6 cm³/mol. The number of ether oxygens (including phenoxy) is 3. The van der Waals surface area contributed by atoms with Crippen molar-refractivity contribution in [2.24, 2.45) is 0 Å². The fraction of sp³-hybridized carbons (Fsp3) is 0.500. The highest BCUT2D eigenvalue weighted by Gasteiger charge is 2.16. The minimum absolute atomic E-state index is 0.176. The molecule has 5 heteroatoms. The lowest BCUT2D eigenvalue weighted by Crippen LogP contribution is -2.19. The minimum atomic E-state index is -0.176. The topological polar surface area (TPSA) is 56.4 Å². The van der Waals surface area contributed by atoms with Gasteiger partial charge in [0.2, 0.25) is 0 Å². The fourth-order valence-electron chi connectivity index (χ4n) is 1.95. The Balaban J connectivity index is 1.88. The molecule has 2 aromatic rings. The van der Waals surface area contributed by atoms with Crippen molar-refractivity contribution in [2.75, 3.05) is 13.2 Å². The molecule has 2 heterocycles. The van der Waals surface area contributed by atoms with Gasteiger partial charge in [-0.15, -0.1) is 0 Å². The number of nitrogens with zero attached hydrogens (tertiary/aromatic N) is 1. The minimum Gasteiger partial charge on any atom is -0.486 e. The summed E-state index contributed by atoms with van der Waals surface area (Å²) in [6.07, 6.45) is 0. The number of rotatable bonds is 2. The standard InChI is InChI=1S/C14H18N2O3/c1-14(2,3)19-8-13-15-9-6-11-12(7-10(9)16-13)18-5-4-17-11/h6-7H,4-5,8H2,1-3H3,(H,15,16). The number of hydrogen-bond acceptors (Lipinski definition) is 4. The number of imidazole rings is 1. The first-order valence-electron chi connectivity index (χ1n) is 6.43. The van der Waals surface area contributed by atoms with E-state index in [1.54, 1.807) is 0 Å². The molecule has 0 saturated carbocycles. The summed E-state index contributed by atoms with van der Waals surface area (Å²) in [5.41, 5.74) is 1.64. The maximum atomic E-state index is 5.71. The molecule has 0 atom stereocenters. The van der Waals surface area contributed by atoms with Crippen molar-refractivity contribution in [2.45, 2.75) is 33.0 Å². The molecule has 0 unspecified atom stereocenters. The van der Waals surface area contributed by atoms with Crippen LogP contribution in [0.15, 0.2) is 12.1 Å². The zero-order valence-corrected chi connectivity index (χ0v) is 11.4. The number of H-pyrrole nitrogens is 1. The Kier molecular flexibility index (Phi) is 2.86. The Morgan fingerprint density at radius 2 is 1.89 bits per heavy atom. The van der Waals surface area contributed by atoms with E-state index in [-0.39, 0.29) is 5.60 Å². The van der Waals surface area contributed by atoms with Gasteiger partial charge in [-0.05, 0) is 20.8 Å². The van der Waals surface area contributed by atoms with E-state index in [1.807, 2.05) is 32.9 Å². The van der Waals surface area contributed by atoms with E-state index in [9.17, 15) is 0 Å². The van der Waals surface area contributed by atoms with Gasteiger partial charge < -0.3 is 19.2 Å². The molecule has 19 heavy (non-hydrogen) atoms. The number of fused-ring (bicyclic) bond motifs is 2. The number of aromatic amines is 1. The second-order valence-electron chi connectivity index (χ2n) is 5.60. The van der Waals surface area contributed by atoms with E-state index in [4.69, 9.17) is 14.2 Å². The third-order valence-corrected chi connectivity index (χ3v) is 2.84. The Morgan fingerprint density at radius 1 is 1.21 bits per heavy atom. The van der Waals surface area contributed by atoms with Gasteiger partial charge in [0.1, 0.15) is 25.6 Å². The smallest absolute Gasteiger partial charge is 0.163 e. The summed E-state index contributed by atoms with van der Waals surface area (Å²) in [6.45, 7) is 7.71. The second kappa shape index (κ2) is 4.42. The highest BCUT2D eigenvalue weighted by molar-refractivity contribution is 5.79. The molecular weight excluding hydrogens is 244 g/mol. The maximum absolute atomic E-state index is 5.71. The summed E-state index contributed by atoms with van der Waals surface area (Å²) >= 11 is 0. The molecular formula is C14H18N2O3. The van der Waals surface area contributed by atoms with Crippen molar-refractivity contribution in [1.82, 2.24) is 9.97 Å². The zero-order valence-electron chi connectivity index (χ0n) is 11.4. The lowest BCUT2D eigenvalue weighted by atomic mass is 10.2. The average Bonchev–Trinajstić information content (AvgIpc) is 2.74. The second-order valence-corrected chi connectivity index (χ2v) is 5.60. The first-order chi connectivity index (χ1) is 9.01. The van der Waals surface area contributed by atoms with Crippen LogP contribution in [0.2, 0.25) is 0 Å². The fourth-order valence-corrected chi connectivity index (χ4v) is 1.95. The van der Waals surface area contributed by atoms with E-state index in [1.165, 1.54) is 0 Å². The van der Waals surface area contributed by atoms with Crippen LogP contribution in [0.25, 0.3) is 11.0 Å².